The van der Waals surface area contributed by atoms with E-state index < -0.39 is 17.9 Å². The van der Waals surface area contributed by atoms with Crippen molar-refractivity contribution in [1.29, 1.82) is 0 Å². The van der Waals surface area contributed by atoms with E-state index in [2.05, 4.69) is 10.1 Å². The van der Waals surface area contributed by atoms with Crippen molar-refractivity contribution in [2.45, 2.75) is 25.6 Å². The molecule has 1 aromatic carbocycles. The second kappa shape index (κ2) is 8.85. The monoisotopic (exact) mass is 407 g/mol. The van der Waals surface area contributed by atoms with Crippen LogP contribution in [-0.2, 0) is 17.8 Å². The van der Waals surface area contributed by atoms with Crippen molar-refractivity contribution in [3.63, 3.8) is 0 Å². The minimum absolute atomic E-state index is 0.122. The zero-order valence-corrected chi connectivity index (χ0v) is 15.2. The van der Waals surface area contributed by atoms with Gasteiger partial charge in [0.1, 0.15) is 5.82 Å². The SMILES string of the molecule is O=C(N(CCCc1cnoc1-c1ccc(F)cc1)Cc1ccccn1)C(F)(F)F. The maximum absolute atomic E-state index is 13.1. The lowest BCUT2D eigenvalue weighted by atomic mass is 10.1. The van der Waals surface area contributed by atoms with Gasteiger partial charge in [0.2, 0.25) is 0 Å². The predicted octanol–water partition coefficient (Wildman–Crippen LogP) is 4.40. The molecule has 0 radical (unpaired) electrons. The van der Waals surface area contributed by atoms with E-state index in [1.807, 2.05) is 0 Å². The summed E-state index contributed by atoms with van der Waals surface area (Å²) in [4.78, 5) is 16.5. The topological polar surface area (TPSA) is 59.2 Å². The number of hydrogen-bond donors (Lipinski definition) is 0. The molecule has 0 aliphatic rings. The molecule has 9 heteroatoms. The number of carbonyl (C=O) groups is 1. The Morgan fingerprint density at radius 1 is 1.10 bits per heavy atom. The molecule has 0 saturated carbocycles. The Morgan fingerprint density at radius 2 is 1.86 bits per heavy atom. The van der Waals surface area contributed by atoms with Crippen molar-refractivity contribution in [3.05, 3.63) is 71.9 Å². The molecule has 0 bridgehead atoms. The van der Waals surface area contributed by atoms with Gasteiger partial charge in [0.15, 0.2) is 5.76 Å². The van der Waals surface area contributed by atoms with E-state index in [0.29, 0.717) is 29.0 Å². The van der Waals surface area contributed by atoms with Gasteiger partial charge in [-0.25, -0.2) is 4.39 Å². The fourth-order valence-corrected chi connectivity index (χ4v) is 2.86. The van der Waals surface area contributed by atoms with E-state index >= 15 is 0 Å². The molecule has 152 valence electrons. The van der Waals surface area contributed by atoms with Gasteiger partial charge < -0.3 is 9.42 Å². The predicted molar refractivity (Wildman–Crippen MR) is 95.9 cm³/mol. The Morgan fingerprint density at radius 3 is 2.52 bits per heavy atom. The van der Waals surface area contributed by atoms with Crippen molar-refractivity contribution < 1.29 is 26.9 Å². The van der Waals surface area contributed by atoms with Gasteiger partial charge in [-0.2, -0.15) is 13.2 Å². The average Bonchev–Trinajstić information content (AvgIpc) is 3.16. The number of carbonyl (C=O) groups excluding carboxylic acids is 1. The fourth-order valence-electron chi connectivity index (χ4n) is 2.86. The molecule has 0 aliphatic heterocycles. The van der Waals surface area contributed by atoms with Crippen molar-refractivity contribution in [3.8, 4) is 11.3 Å². The minimum Gasteiger partial charge on any atom is -0.356 e. The number of alkyl halides is 3. The van der Waals surface area contributed by atoms with E-state index in [9.17, 15) is 22.4 Å². The summed E-state index contributed by atoms with van der Waals surface area (Å²) >= 11 is 0. The molecule has 29 heavy (non-hydrogen) atoms. The molecule has 0 atom stereocenters. The highest BCUT2D eigenvalue weighted by molar-refractivity contribution is 5.81. The molecule has 0 aliphatic carbocycles. The number of pyridine rings is 1. The lowest BCUT2D eigenvalue weighted by Crippen LogP contribution is -2.41. The van der Waals surface area contributed by atoms with Crippen LogP contribution in [0.25, 0.3) is 11.3 Å². The van der Waals surface area contributed by atoms with Crippen molar-refractivity contribution in [2.75, 3.05) is 6.54 Å². The highest BCUT2D eigenvalue weighted by Gasteiger charge is 2.42. The number of hydrogen-bond acceptors (Lipinski definition) is 4. The van der Waals surface area contributed by atoms with Crippen LogP contribution in [0.3, 0.4) is 0 Å². The first-order chi connectivity index (χ1) is 13.8. The molecule has 0 saturated heterocycles. The molecule has 0 spiro atoms. The van der Waals surface area contributed by atoms with Crippen LogP contribution in [0.15, 0.2) is 59.4 Å². The van der Waals surface area contributed by atoms with E-state index in [1.165, 1.54) is 36.7 Å². The summed E-state index contributed by atoms with van der Waals surface area (Å²) in [5.74, 6) is -1.89. The smallest absolute Gasteiger partial charge is 0.356 e. The summed E-state index contributed by atoms with van der Waals surface area (Å²) in [6.45, 7) is -0.364. The van der Waals surface area contributed by atoms with Gasteiger partial charge in [-0.05, 0) is 49.2 Å². The van der Waals surface area contributed by atoms with E-state index in [4.69, 9.17) is 4.52 Å². The van der Waals surface area contributed by atoms with Gasteiger partial charge >= 0.3 is 12.1 Å². The van der Waals surface area contributed by atoms with E-state index in [1.54, 1.807) is 18.2 Å². The highest BCUT2D eigenvalue weighted by Crippen LogP contribution is 2.25. The summed E-state index contributed by atoms with van der Waals surface area (Å²) in [6.07, 6.45) is -1.46. The second-order valence-electron chi connectivity index (χ2n) is 6.34. The van der Waals surface area contributed by atoms with Gasteiger partial charge in [-0.15, -0.1) is 0 Å². The zero-order valence-electron chi connectivity index (χ0n) is 15.2. The Labute approximate surface area is 164 Å². The van der Waals surface area contributed by atoms with Crippen molar-refractivity contribution >= 4 is 5.91 Å². The van der Waals surface area contributed by atoms with E-state index in [0.717, 1.165) is 4.90 Å². The molecule has 1 amide bonds. The fraction of sp³-hybridized carbons (Fsp3) is 0.250. The van der Waals surface area contributed by atoms with Crippen LogP contribution in [0.2, 0.25) is 0 Å². The summed E-state index contributed by atoms with van der Waals surface area (Å²) < 4.78 is 57.2. The van der Waals surface area contributed by atoms with Crippen LogP contribution in [0.4, 0.5) is 17.6 Å². The van der Waals surface area contributed by atoms with Gasteiger partial charge in [-0.3, -0.25) is 9.78 Å². The normalized spacial score (nSPS) is 11.4. The highest BCUT2D eigenvalue weighted by atomic mass is 19.4. The van der Waals surface area contributed by atoms with Gasteiger partial charge in [0.25, 0.3) is 0 Å². The number of benzene rings is 1. The third-order valence-corrected chi connectivity index (χ3v) is 4.23. The molecule has 2 aromatic heterocycles. The summed E-state index contributed by atoms with van der Waals surface area (Å²) in [6, 6.07) is 10.5. The molecule has 5 nitrogen and oxygen atoms in total. The third-order valence-electron chi connectivity index (χ3n) is 4.23. The van der Waals surface area contributed by atoms with Crippen LogP contribution in [0, 0.1) is 5.82 Å². The molecule has 3 rings (SSSR count). The van der Waals surface area contributed by atoms with Gasteiger partial charge in [0.05, 0.1) is 18.4 Å². The van der Waals surface area contributed by atoms with E-state index in [-0.39, 0.29) is 19.5 Å². The first-order valence-electron chi connectivity index (χ1n) is 8.80. The Bertz CT molecular complexity index is 940. The lowest BCUT2D eigenvalue weighted by Gasteiger charge is -2.23. The average molecular weight is 407 g/mol. The molecular formula is C20H17F4N3O2. The number of aromatic nitrogens is 2. The van der Waals surface area contributed by atoms with Crippen LogP contribution in [0.1, 0.15) is 17.7 Å². The largest absolute Gasteiger partial charge is 0.471 e. The quantitative estimate of drug-likeness (QED) is 0.545. The number of halogens is 4. The van der Waals surface area contributed by atoms with Crippen LogP contribution in [-0.4, -0.2) is 33.7 Å². The Balaban J connectivity index is 1.68. The summed E-state index contributed by atoms with van der Waals surface area (Å²) in [5.41, 5.74) is 1.63. The van der Waals surface area contributed by atoms with Crippen molar-refractivity contribution in [1.82, 2.24) is 15.0 Å². The van der Waals surface area contributed by atoms with Crippen molar-refractivity contribution in [2.24, 2.45) is 0 Å². The van der Waals surface area contributed by atoms with Crippen LogP contribution < -0.4 is 0 Å². The number of rotatable bonds is 7. The molecule has 3 aromatic rings. The first-order valence-corrected chi connectivity index (χ1v) is 8.80. The van der Waals surface area contributed by atoms with Crippen LogP contribution >= 0.6 is 0 Å². The molecule has 0 unspecified atom stereocenters. The minimum atomic E-state index is -4.97. The number of aryl methyl sites for hydroxylation is 1. The lowest BCUT2D eigenvalue weighted by molar-refractivity contribution is -0.186. The Hall–Kier alpha value is -3.23. The first kappa shape index (κ1) is 20.5. The third kappa shape index (κ3) is 5.40. The maximum Gasteiger partial charge on any atom is 0.471 e. The Kier molecular flexibility index (Phi) is 6.26. The number of nitrogens with zero attached hydrogens (tertiary/aromatic N) is 3. The maximum atomic E-state index is 13.1. The summed E-state index contributed by atoms with van der Waals surface area (Å²) in [5, 5.41) is 3.72. The molecule has 0 fully saturated rings. The molecule has 2 heterocycles. The second-order valence-corrected chi connectivity index (χ2v) is 6.34. The van der Waals surface area contributed by atoms with Gasteiger partial charge in [-0.1, -0.05) is 11.2 Å². The summed E-state index contributed by atoms with van der Waals surface area (Å²) in [7, 11) is 0. The zero-order chi connectivity index (χ0) is 20.9. The van der Waals surface area contributed by atoms with Gasteiger partial charge in [0, 0.05) is 23.9 Å². The van der Waals surface area contributed by atoms with Crippen LogP contribution in [0.5, 0.6) is 0 Å². The number of amides is 1. The molecule has 0 N–H and O–H groups in total. The standard InChI is InChI=1S/C20H17F4N3O2/c21-16-8-6-14(7-9-16)18-15(12-26-29-18)4-3-11-27(19(28)20(22,23)24)13-17-5-1-2-10-25-17/h1-2,5-10,12H,3-4,11,13H2. The molecular weight excluding hydrogens is 390 g/mol.